The normalized spacial score (nSPS) is 12.2. The summed E-state index contributed by atoms with van der Waals surface area (Å²) in [5.74, 6) is 0.498. The lowest BCUT2D eigenvalue weighted by molar-refractivity contribution is 0.488. The van der Waals surface area contributed by atoms with Crippen molar-refractivity contribution in [1.82, 2.24) is 24.1 Å². The molecule has 0 bridgehead atoms. The Kier molecular flexibility index (Phi) is 1.68. The van der Waals surface area contributed by atoms with Gasteiger partial charge in [0.25, 0.3) is 0 Å². The van der Waals surface area contributed by atoms with E-state index in [2.05, 4.69) is 15.2 Å². The zero-order valence-corrected chi connectivity index (χ0v) is 8.47. The van der Waals surface area contributed by atoms with Crippen molar-refractivity contribution >= 4 is 17.2 Å². The van der Waals surface area contributed by atoms with Crippen LogP contribution < -0.4 is 10.2 Å². The molecule has 0 fully saturated rings. The molecule has 0 unspecified atom stereocenters. The maximum Gasteiger partial charge on any atom is 0.227 e. The van der Waals surface area contributed by atoms with Gasteiger partial charge in [0.1, 0.15) is 12.7 Å². The minimum atomic E-state index is 0.498. The molecule has 2 heterocycles. The average molecular weight is 193 g/mol. The first-order valence-electron chi connectivity index (χ1n) is 4.26. The highest BCUT2D eigenvalue weighted by Crippen LogP contribution is 2.26. The molecule has 0 spiro atoms. The van der Waals surface area contributed by atoms with Crippen LogP contribution in [-0.4, -0.2) is 40.7 Å². The number of fused-ring (bicyclic) bond motifs is 1. The summed E-state index contributed by atoms with van der Waals surface area (Å²) in [5, 5.41) is 7.85. The molecular weight excluding hydrogens is 180 g/mol. The summed E-state index contributed by atoms with van der Waals surface area (Å²) in [6.07, 6.45) is 3.23. The van der Waals surface area contributed by atoms with Gasteiger partial charge in [-0.3, -0.25) is 8.88 Å². The summed E-state index contributed by atoms with van der Waals surface area (Å²) in [6.45, 7) is 0. The molecule has 0 aliphatic carbocycles. The van der Waals surface area contributed by atoms with Gasteiger partial charge >= 0.3 is 0 Å². The molecule has 6 nitrogen and oxygen atoms in total. The molecule has 0 radical (unpaired) electrons. The van der Waals surface area contributed by atoms with E-state index in [1.807, 2.05) is 21.1 Å². The van der Waals surface area contributed by atoms with Crippen LogP contribution in [0, 0.1) is 0 Å². The molecule has 2 aromatic rings. The summed E-state index contributed by atoms with van der Waals surface area (Å²) >= 11 is 0. The number of anilines is 1. The van der Waals surface area contributed by atoms with Crippen molar-refractivity contribution in [3.05, 3.63) is 12.7 Å². The maximum absolute atomic E-state index is 5.82. The Balaban J connectivity index is 2.83. The first kappa shape index (κ1) is 8.89. The van der Waals surface area contributed by atoms with Crippen molar-refractivity contribution in [3.8, 4) is 0 Å². The fourth-order valence-electron chi connectivity index (χ4n) is 1.44. The Morgan fingerprint density at radius 2 is 2.00 bits per heavy atom. The van der Waals surface area contributed by atoms with E-state index >= 15 is 0 Å². The second-order valence-corrected chi connectivity index (χ2v) is 4.05. The van der Waals surface area contributed by atoms with Gasteiger partial charge in [-0.15, -0.1) is 10.2 Å². The lowest BCUT2D eigenvalue weighted by Crippen LogP contribution is -2.36. The van der Waals surface area contributed by atoms with Crippen molar-refractivity contribution in [2.45, 2.75) is 0 Å². The molecule has 0 aliphatic rings. The van der Waals surface area contributed by atoms with E-state index in [4.69, 9.17) is 5.73 Å². The van der Waals surface area contributed by atoms with Gasteiger partial charge in [0.05, 0.1) is 21.1 Å². The minimum Gasteiger partial charge on any atom is -0.379 e. The summed E-state index contributed by atoms with van der Waals surface area (Å²) < 4.78 is 2.33. The maximum atomic E-state index is 5.82. The molecule has 0 atom stereocenters. The first-order valence-corrected chi connectivity index (χ1v) is 4.26. The third-order valence-corrected chi connectivity index (χ3v) is 2.02. The zero-order chi connectivity index (χ0) is 10.3. The second-order valence-electron chi connectivity index (χ2n) is 4.05. The zero-order valence-electron chi connectivity index (χ0n) is 8.47. The summed E-state index contributed by atoms with van der Waals surface area (Å²) in [6, 6.07) is 0. The Bertz CT molecular complexity index is 466. The highest BCUT2D eigenvalue weighted by atomic mass is 15.3. The molecule has 2 N–H and O–H groups in total. The number of nitrogen functional groups attached to an aromatic ring is 1. The number of aromatic nitrogens is 4. The average Bonchev–Trinajstić information content (AvgIpc) is 2.48. The second kappa shape index (κ2) is 2.65. The molecule has 2 rings (SSSR count). The van der Waals surface area contributed by atoms with Gasteiger partial charge < -0.3 is 5.73 Å². The van der Waals surface area contributed by atoms with Gasteiger partial charge in [-0.1, -0.05) is 0 Å². The van der Waals surface area contributed by atoms with Gasteiger partial charge in [-0.25, -0.2) is 4.98 Å². The van der Waals surface area contributed by atoms with Crippen LogP contribution in [0.2, 0.25) is 0 Å². The van der Waals surface area contributed by atoms with Crippen LogP contribution in [0.1, 0.15) is 0 Å². The van der Waals surface area contributed by atoms with Gasteiger partial charge in [-0.2, -0.15) is 0 Å². The largest absolute Gasteiger partial charge is 0.379 e. The Morgan fingerprint density at radius 3 is 2.64 bits per heavy atom. The minimum absolute atomic E-state index is 0.498. The van der Waals surface area contributed by atoms with E-state index in [1.54, 1.807) is 17.1 Å². The number of rotatable bonds is 1. The van der Waals surface area contributed by atoms with Crippen LogP contribution in [-0.2, 0) is 0 Å². The third-order valence-electron chi connectivity index (χ3n) is 2.02. The molecule has 2 aromatic heterocycles. The van der Waals surface area contributed by atoms with Crippen LogP contribution in [0.25, 0.3) is 5.65 Å². The van der Waals surface area contributed by atoms with E-state index in [-0.39, 0.29) is 0 Å². The Labute approximate surface area is 81.6 Å². The molecule has 0 aliphatic heterocycles. The summed E-state index contributed by atoms with van der Waals surface area (Å²) in [7, 11) is 6.05. The van der Waals surface area contributed by atoms with Crippen molar-refractivity contribution in [1.29, 1.82) is 0 Å². The summed E-state index contributed by atoms with van der Waals surface area (Å²) in [4.78, 5) is 4.09. The van der Waals surface area contributed by atoms with Crippen LogP contribution in [0.3, 0.4) is 0 Å². The highest BCUT2D eigenvalue weighted by molar-refractivity contribution is 5.75. The number of nitrogens with zero attached hydrogens (tertiary/aromatic N) is 5. The molecule has 0 saturated heterocycles. The van der Waals surface area contributed by atoms with E-state index in [0.717, 1.165) is 11.3 Å². The van der Waals surface area contributed by atoms with E-state index in [1.165, 1.54) is 0 Å². The fourth-order valence-corrected chi connectivity index (χ4v) is 1.44. The van der Waals surface area contributed by atoms with Crippen molar-refractivity contribution in [3.63, 3.8) is 0 Å². The fraction of sp³-hybridized carbons (Fsp3) is 0.375. The molecule has 0 saturated carbocycles. The van der Waals surface area contributed by atoms with Gasteiger partial charge in [0.2, 0.25) is 11.3 Å². The first-order chi connectivity index (χ1) is 6.50. The number of quaternary nitrogens is 1. The van der Waals surface area contributed by atoms with Crippen molar-refractivity contribution in [2.24, 2.45) is 0 Å². The van der Waals surface area contributed by atoms with E-state index in [0.29, 0.717) is 10.3 Å². The lowest BCUT2D eigenvalue weighted by Gasteiger charge is -2.23. The van der Waals surface area contributed by atoms with E-state index < -0.39 is 0 Å². The quantitative estimate of drug-likeness (QED) is 0.642. The molecular formula is C8H13N6+. The Hall–Kier alpha value is -1.69. The van der Waals surface area contributed by atoms with Crippen LogP contribution in [0.15, 0.2) is 12.7 Å². The standard InChI is InChI=1S/C8H13N6/c1-14(2,3)6-7(9)10-4-13-5-11-12-8(6)13/h4-5H,9H2,1-3H3/q+1. The molecule has 0 aromatic carbocycles. The number of hydrogen-bond donors (Lipinski definition) is 1. The van der Waals surface area contributed by atoms with E-state index in [9.17, 15) is 0 Å². The SMILES string of the molecule is C[N+](C)(C)c1c(N)ncn2cnnc12. The monoisotopic (exact) mass is 193 g/mol. The molecule has 74 valence electrons. The smallest absolute Gasteiger partial charge is 0.227 e. The van der Waals surface area contributed by atoms with Gasteiger partial charge in [0.15, 0.2) is 5.82 Å². The third kappa shape index (κ3) is 1.20. The Morgan fingerprint density at radius 1 is 1.29 bits per heavy atom. The topological polar surface area (TPSA) is 69.1 Å². The molecule has 0 amide bonds. The predicted octanol–water partition coefficient (Wildman–Crippen LogP) is -0.0968. The van der Waals surface area contributed by atoms with Crippen LogP contribution in [0.4, 0.5) is 11.5 Å². The molecule has 6 heteroatoms. The molecule has 14 heavy (non-hydrogen) atoms. The highest BCUT2D eigenvalue weighted by Gasteiger charge is 2.23. The van der Waals surface area contributed by atoms with Crippen LogP contribution in [0.5, 0.6) is 0 Å². The predicted molar refractivity (Wildman–Crippen MR) is 54.8 cm³/mol. The van der Waals surface area contributed by atoms with Crippen molar-refractivity contribution in [2.75, 3.05) is 26.9 Å². The summed E-state index contributed by atoms with van der Waals surface area (Å²) in [5.41, 5.74) is 7.46. The van der Waals surface area contributed by atoms with Gasteiger partial charge in [0, 0.05) is 0 Å². The van der Waals surface area contributed by atoms with Gasteiger partial charge in [-0.05, 0) is 0 Å². The number of nitrogens with two attached hydrogens (primary N) is 1. The number of hydrogen-bond acceptors (Lipinski definition) is 4. The van der Waals surface area contributed by atoms with Crippen molar-refractivity contribution < 1.29 is 0 Å². The van der Waals surface area contributed by atoms with Crippen LogP contribution >= 0.6 is 0 Å². The lowest BCUT2D eigenvalue weighted by atomic mass is 10.3.